The Morgan fingerprint density at radius 2 is 2.25 bits per heavy atom. The van der Waals surface area contributed by atoms with Crippen LogP contribution in [0.3, 0.4) is 0 Å². The lowest BCUT2D eigenvalue weighted by atomic mass is 10.3. The van der Waals surface area contributed by atoms with Gasteiger partial charge in [0.2, 0.25) is 0 Å². The van der Waals surface area contributed by atoms with E-state index in [-0.39, 0.29) is 5.57 Å². The lowest BCUT2D eigenvalue weighted by Crippen LogP contribution is -1.71. The second-order valence-corrected chi connectivity index (χ2v) is 3.36. The lowest BCUT2D eigenvalue weighted by Gasteiger charge is -1.79. The monoisotopic (exact) mass is 175 g/mol. The first kappa shape index (κ1) is 8.45. The molecule has 0 bridgehead atoms. The highest BCUT2D eigenvalue weighted by Gasteiger charge is 1.97. The van der Waals surface area contributed by atoms with E-state index in [0.29, 0.717) is 5.01 Å². The second-order valence-electron chi connectivity index (χ2n) is 2.09. The molecule has 0 N–H and O–H groups in total. The Balaban J connectivity index is 2.97. The van der Waals surface area contributed by atoms with Gasteiger partial charge in [0.1, 0.15) is 22.7 Å². The van der Waals surface area contributed by atoms with Gasteiger partial charge in [0.15, 0.2) is 0 Å². The fraction of sp³-hybridized carbons (Fsp3) is 0.125. The predicted octanol–water partition coefficient (Wildman–Crippen LogP) is 1.88. The maximum Gasteiger partial charge on any atom is 0.132 e. The summed E-state index contributed by atoms with van der Waals surface area (Å²) in [6, 6.07) is 3.55. The fourth-order valence-electron chi connectivity index (χ4n) is 0.652. The summed E-state index contributed by atoms with van der Waals surface area (Å²) < 4.78 is 0. The summed E-state index contributed by atoms with van der Waals surface area (Å²) >= 11 is 1.46. The normalized spacial score (nSPS) is 8.25. The zero-order valence-electron chi connectivity index (χ0n) is 6.40. The minimum Gasteiger partial charge on any atom is -0.245 e. The van der Waals surface area contributed by atoms with Crippen molar-refractivity contribution in [2.45, 2.75) is 6.92 Å². The van der Waals surface area contributed by atoms with Gasteiger partial charge in [-0.05, 0) is 6.92 Å². The van der Waals surface area contributed by atoms with Gasteiger partial charge >= 0.3 is 0 Å². The number of nitrogens with zero attached hydrogens (tertiary/aromatic N) is 3. The molecule has 1 rings (SSSR count). The smallest absolute Gasteiger partial charge is 0.132 e. The van der Waals surface area contributed by atoms with Crippen molar-refractivity contribution in [3.05, 3.63) is 21.7 Å². The van der Waals surface area contributed by atoms with Crippen LogP contribution in [0, 0.1) is 29.6 Å². The third kappa shape index (κ3) is 1.91. The maximum atomic E-state index is 8.43. The van der Waals surface area contributed by atoms with Gasteiger partial charge in [-0.25, -0.2) is 4.98 Å². The standard InChI is InChI=1S/C8H5N3S/c1-6-5-11-8(12-6)2-7(3-9)4-10/h2,5H,1H3. The van der Waals surface area contributed by atoms with Crippen LogP contribution in [0.25, 0.3) is 6.08 Å². The molecule has 0 aliphatic heterocycles. The van der Waals surface area contributed by atoms with Gasteiger partial charge in [-0.1, -0.05) is 0 Å². The van der Waals surface area contributed by atoms with Crippen molar-refractivity contribution in [3.63, 3.8) is 0 Å². The Bertz CT molecular complexity index is 373. The van der Waals surface area contributed by atoms with E-state index >= 15 is 0 Å². The van der Waals surface area contributed by atoms with E-state index in [1.807, 2.05) is 6.92 Å². The first-order valence-corrected chi connectivity index (χ1v) is 4.02. The van der Waals surface area contributed by atoms with Gasteiger partial charge in [-0.3, -0.25) is 0 Å². The molecule has 3 nitrogen and oxygen atoms in total. The number of hydrogen-bond donors (Lipinski definition) is 0. The number of allylic oxidation sites excluding steroid dienone is 1. The molecule has 1 aromatic rings. The molecule has 0 saturated heterocycles. The first-order chi connectivity index (χ1) is 5.76. The zero-order chi connectivity index (χ0) is 8.97. The molecule has 0 saturated carbocycles. The fourth-order valence-corrected chi connectivity index (χ4v) is 1.37. The molecule has 0 aliphatic carbocycles. The van der Waals surface area contributed by atoms with Gasteiger partial charge in [-0.15, -0.1) is 11.3 Å². The Morgan fingerprint density at radius 3 is 2.67 bits per heavy atom. The molecule has 0 radical (unpaired) electrons. The van der Waals surface area contributed by atoms with E-state index in [1.165, 1.54) is 17.4 Å². The predicted molar refractivity (Wildman–Crippen MR) is 46.1 cm³/mol. The minimum absolute atomic E-state index is 0.0874. The molecule has 0 amide bonds. The molecular formula is C8H5N3S. The Hall–Kier alpha value is -1.65. The Labute approximate surface area is 74.2 Å². The average Bonchev–Trinajstić information content (AvgIpc) is 2.47. The van der Waals surface area contributed by atoms with Crippen LogP contribution in [0.2, 0.25) is 0 Å². The molecule has 12 heavy (non-hydrogen) atoms. The summed E-state index contributed by atoms with van der Waals surface area (Å²) in [4.78, 5) is 5.06. The summed E-state index contributed by atoms with van der Waals surface area (Å²) in [5.41, 5.74) is 0.0874. The molecule has 0 unspecified atom stereocenters. The lowest BCUT2D eigenvalue weighted by molar-refractivity contribution is 1.36. The van der Waals surface area contributed by atoms with Crippen LogP contribution in [0.1, 0.15) is 9.88 Å². The maximum absolute atomic E-state index is 8.43. The van der Waals surface area contributed by atoms with Crippen LogP contribution in [0.4, 0.5) is 0 Å². The third-order valence-corrected chi connectivity index (χ3v) is 2.01. The molecule has 0 atom stereocenters. The van der Waals surface area contributed by atoms with Crippen LogP contribution in [-0.4, -0.2) is 4.98 Å². The van der Waals surface area contributed by atoms with E-state index in [0.717, 1.165) is 4.88 Å². The van der Waals surface area contributed by atoms with Crippen molar-refractivity contribution in [1.29, 1.82) is 10.5 Å². The van der Waals surface area contributed by atoms with E-state index < -0.39 is 0 Å². The molecule has 0 aromatic carbocycles. The topological polar surface area (TPSA) is 60.5 Å². The Kier molecular flexibility index (Phi) is 2.57. The number of aromatic nitrogens is 1. The molecule has 1 aromatic heterocycles. The summed E-state index contributed by atoms with van der Waals surface area (Å²) in [6.07, 6.45) is 3.19. The van der Waals surface area contributed by atoms with E-state index in [2.05, 4.69) is 4.98 Å². The SMILES string of the molecule is Cc1cnc(C=C(C#N)C#N)s1. The van der Waals surface area contributed by atoms with Crippen LogP contribution in [0.5, 0.6) is 0 Å². The van der Waals surface area contributed by atoms with Crippen LogP contribution in [-0.2, 0) is 0 Å². The quantitative estimate of drug-likeness (QED) is 0.612. The third-order valence-electron chi connectivity index (χ3n) is 1.15. The van der Waals surface area contributed by atoms with E-state index in [1.54, 1.807) is 18.3 Å². The van der Waals surface area contributed by atoms with Crippen molar-refractivity contribution < 1.29 is 0 Å². The highest BCUT2D eigenvalue weighted by Crippen LogP contribution is 2.14. The van der Waals surface area contributed by atoms with Crippen molar-refractivity contribution in [2.24, 2.45) is 0 Å². The molecule has 58 valence electrons. The summed E-state index contributed by atoms with van der Waals surface area (Å²) in [5, 5.41) is 17.6. The number of aryl methyl sites for hydroxylation is 1. The molecular weight excluding hydrogens is 170 g/mol. The molecule has 4 heteroatoms. The van der Waals surface area contributed by atoms with E-state index in [4.69, 9.17) is 10.5 Å². The molecule has 1 heterocycles. The van der Waals surface area contributed by atoms with Crippen LogP contribution in [0.15, 0.2) is 11.8 Å². The van der Waals surface area contributed by atoms with Crippen molar-refractivity contribution in [3.8, 4) is 12.1 Å². The average molecular weight is 175 g/mol. The number of rotatable bonds is 1. The zero-order valence-corrected chi connectivity index (χ0v) is 7.22. The van der Waals surface area contributed by atoms with Crippen LogP contribution < -0.4 is 0 Å². The van der Waals surface area contributed by atoms with Crippen molar-refractivity contribution >= 4 is 17.4 Å². The van der Waals surface area contributed by atoms with Crippen LogP contribution >= 0.6 is 11.3 Å². The van der Waals surface area contributed by atoms with Gasteiger partial charge in [0.25, 0.3) is 0 Å². The van der Waals surface area contributed by atoms with Gasteiger partial charge in [0, 0.05) is 17.2 Å². The summed E-state index contributed by atoms with van der Waals surface area (Å²) in [7, 11) is 0. The van der Waals surface area contributed by atoms with Crippen molar-refractivity contribution in [2.75, 3.05) is 0 Å². The molecule has 0 aliphatic rings. The van der Waals surface area contributed by atoms with Gasteiger partial charge < -0.3 is 0 Å². The highest BCUT2D eigenvalue weighted by atomic mass is 32.1. The second kappa shape index (κ2) is 3.66. The first-order valence-electron chi connectivity index (χ1n) is 3.20. The largest absolute Gasteiger partial charge is 0.245 e. The molecule has 0 spiro atoms. The molecule has 0 fully saturated rings. The number of thiazole rings is 1. The van der Waals surface area contributed by atoms with Gasteiger partial charge in [-0.2, -0.15) is 10.5 Å². The summed E-state index contributed by atoms with van der Waals surface area (Å²) in [6.45, 7) is 1.92. The summed E-state index contributed by atoms with van der Waals surface area (Å²) in [5.74, 6) is 0. The van der Waals surface area contributed by atoms with Crippen molar-refractivity contribution in [1.82, 2.24) is 4.98 Å². The van der Waals surface area contributed by atoms with E-state index in [9.17, 15) is 0 Å². The minimum atomic E-state index is 0.0874. The Morgan fingerprint density at radius 1 is 1.58 bits per heavy atom. The number of hydrogen-bond acceptors (Lipinski definition) is 4. The number of nitriles is 2. The van der Waals surface area contributed by atoms with Gasteiger partial charge in [0.05, 0.1) is 0 Å². The highest BCUT2D eigenvalue weighted by molar-refractivity contribution is 7.12.